The van der Waals surface area contributed by atoms with E-state index in [-0.39, 0.29) is 31.2 Å². The molecule has 0 amide bonds. The molecule has 0 aliphatic carbocycles. The highest BCUT2D eigenvalue weighted by atomic mass is 35.5. The average Bonchev–Trinajstić information content (AvgIpc) is 4.15. The van der Waals surface area contributed by atoms with Gasteiger partial charge in [-0.1, -0.05) is 53.8 Å². The van der Waals surface area contributed by atoms with E-state index in [0.29, 0.717) is 59.2 Å². The topological polar surface area (TPSA) is 247 Å². The van der Waals surface area contributed by atoms with E-state index in [9.17, 15) is 0 Å². The fraction of sp³-hybridized carbons (Fsp3) is 0.149. The Kier molecular flexibility index (Phi) is 11.2. The molecule has 20 heteroatoms. The second-order valence-corrected chi connectivity index (χ2v) is 17.6. The predicted octanol–water partition coefficient (Wildman–Crippen LogP) is 11.6. The molecule has 0 aliphatic rings. The van der Waals surface area contributed by atoms with Crippen molar-refractivity contribution in [2.24, 2.45) is 0 Å². The van der Waals surface area contributed by atoms with Crippen molar-refractivity contribution in [2.45, 2.75) is 33.4 Å². The number of halogens is 4. The van der Waals surface area contributed by atoms with Crippen LogP contribution in [0, 0.1) is 0 Å². The molecule has 0 bridgehead atoms. The zero-order valence-corrected chi connectivity index (χ0v) is 37.7. The number of benzene rings is 6. The second kappa shape index (κ2) is 17.2. The normalized spacial score (nSPS) is 11.8. The van der Waals surface area contributed by atoms with Crippen LogP contribution in [0.1, 0.15) is 20.3 Å². The van der Waals surface area contributed by atoms with Gasteiger partial charge >= 0.3 is 0 Å². The molecule has 0 saturated carbocycles. The number of aromatic amines is 4. The van der Waals surface area contributed by atoms with Crippen molar-refractivity contribution < 1.29 is 9.47 Å². The fourth-order valence-electron chi connectivity index (χ4n) is 8.76. The molecule has 12 aromatic rings. The number of nitrogens with one attached hydrogen (secondary N) is 4. The van der Waals surface area contributed by atoms with E-state index < -0.39 is 0 Å². The van der Waals surface area contributed by atoms with Crippen molar-refractivity contribution >= 4 is 157 Å². The number of nitrogen functional groups attached to an aromatic ring is 4. The van der Waals surface area contributed by atoms with Gasteiger partial charge in [0.15, 0.2) is 11.5 Å². The fourth-order valence-corrected chi connectivity index (χ4v) is 9.45. The third-order valence-corrected chi connectivity index (χ3v) is 12.7. The van der Waals surface area contributed by atoms with Gasteiger partial charge in [0, 0.05) is 105 Å². The summed E-state index contributed by atoms with van der Waals surface area (Å²) < 4.78 is 16.0. The minimum atomic E-state index is 0. The van der Waals surface area contributed by atoms with Crippen molar-refractivity contribution in [3.63, 3.8) is 0 Å². The van der Waals surface area contributed by atoms with Crippen LogP contribution in [-0.4, -0.2) is 62.7 Å². The number of hydrogen-bond donors (Lipinski definition) is 8. The minimum Gasteiger partial charge on any atom is -0.489 e. The first-order valence-corrected chi connectivity index (χ1v) is 22.3. The zero-order valence-electron chi connectivity index (χ0n) is 34.6. The summed E-state index contributed by atoms with van der Waals surface area (Å²) >= 11 is 25.2. The quantitative estimate of drug-likeness (QED) is 0.0602. The van der Waals surface area contributed by atoms with Crippen molar-refractivity contribution in [3.8, 4) is 11.5 Å². The van der Waals surface area contributed by atoms with Gasteiger partial charge in [0.05, 0.1) is 35.3 Å². The summed E-state index contributed by atoms with van der Waals surface area (Å²) in [5, 5.41) is 22.6. The molecule has 0 aliphatic heterocycles. The number of anilines is 4. The lowest BCUT2D eigenvalue weighted by molar-refractivity contribution is 0.305. The number of fused-ring (bicyclic) bond motifs is 12. The van der Waals surface area contributed by atoms with Crippen LogP contribution in [0.3, 0.4) is 0 Å². The molecule has 0 unspecified atom stereocenters. The van der Waals surface area contributed by atoms with Gasteiger partial charge in [-0.2, -0.15) is 4.98 Å². The average molecular weight is 977 g/mol. The van der Waals surface area contributed by atoms with Crippen molar-refractivity contribution in [2.75, 3.05) is 36.1 Å². The summed E-state index contributed by atoms with van der Waals surface area (Å²) in [6.07, 6.45) is 1.34. The molecule has 6 heterocycles. The SMILES string of the molecule is C.Nc1nc(N)n(CCCOc2c3[nH]c4ccc(Cl)cc4c3cc3c2[nH]c2ccc(Cl)cc23)n1.Nc1nnc(N)n1CCCOc1c2[nH]c3ccc(Cl)cc3c2cc2c1[nH]c1ccc(Cl)cc12. The summed E-state index contributed by atoms with van der Waals surface area (Å²) in [5.74, 6) is 2.51. The van der Waals surface area contributed by atoms with Gasteiger partial charge < -0.3 is 52.3 Å². The van der Waals surface area contributed by atoms with E-state index in [2.05, 4.69) is 52.3 Å². The monoisotopic (exact) mass is 974 g/mol. The first-order valence-electron chi connectivity index (χ1n) is 20.8. The van der Waals surface area contributed by atoms with Crippen LogP contribution >= 0.6 is 46.4 Å². The van der Waals surface area contributed by atoms with Gasteiger partial charge in [-0.05, 0) is 91.3 Å². The summed E-state index contributed by atoms with van der Waals surface area (Å²) in [5.41, 5.74) is 30.7. The highest BCUT2D eigenvalue weighted by molar-refractivity contribution is 6.34. The third-order valence-electron chi connectivity index (χ3n) is 11.7. The van der Waals surface area contributed by atoms with Gasteiger partial charge in [0.25, 0.3) is 0 Å². The van der Waals surface area contributed by atoms with Gasteiger partial charge in [-0.25, -0.2) is 4.68 Å². The first-order chi connectivity index (χ1) is 32.0. The highest BCUT2D eigenvalue weighted by Gasteiger charge is 2.20. The minimum absolute atomic E-state index is 0. The number of rotatable bonds is 10. The maximum Gasteiger partial charge on any atom is 0.241 e. The number of nitrogens with two attached hydrogens (primary N) is 4. The molecule has 0 fully saturated rings. The van der Waals surface area contributed by atoms with Crippen LogP contribution in [0.4, 0.5) is 23.8 Å². The Morgan fingerprint density at radius 2 is 0.821 bits per heavy atom. The molecule has 6 aromatic carbocycles. The van der Waals surface area contributed by atoms with Crippen molar-refractivity contribution in [3.05, 3.63) is 105 Å². The molecule has 12 N–H and O–H groups in total. The van der Waals surface area contributed by atoms with Crippen LogP contribution in [0.25, 0.3) is 87.2 Å². The maximum absolute atomic E-state index is 6.37. The van der Waals surface area contributed by atoms with Crippen molar-refractivity contribution in [1.82, 2.24) is 49.5 Å². The number of hydrogen-bond acceptors (Lipinski definition) is 10. The van der Waals surface area contributed by atoms with E-state index in [1.807, 2.05) is 72.8 Å². The molecule has 67 heavy (non-hydrogen) atoms. The second-order valence-electron chi connectivity index (χ2n) is 15.9. The molecule has 0 saturated heterocycles. The lowest BCUT2D eigenvalue weighted by Crippen LogP contribution is -2.10. The molecule has 0 spiro atoms. The van der Waals surface area contributed by atoms with E-state index in [0.717, 1.165) is 98.7 Å². The van der Waals surface area contributed by atoms with Crippen molar-refractivity contribution in [1.29, 1.82) is 0 Å². The summed E-state index contributed by atoms with van der Waals surface area (Å²) in [6, 6.07) is 27.5. The molecule has 0 radical (unpaired) electrons. The van der Waals surface area contributed by atoms with E-state index in [1.54, 1.807) is 9.25 Å². The Morgan fingerprint density at radius 3 is 1.16 bits per heavy atom. The van der Waals surface area contributed by atoms with Gasteiger partial charge in [0.1, 0.15) is 0 Å². The number of ether oxygens (including phenoxy) is 2. The Morgan fingerprint density at radius 1 is 0.463 bits per heavy atom. The summed E-state index contributed by atoms with van der Waals surface area (Å²) in [6.45, 7) is 1.98. The van der Waals surface area contributed by atoms with Crippen LogP contribution in [0.5, 0.6) is 11.5 Å². The van der Waals surface area contributed by atoms with Crippen LogP contribution in [-0.2, 0) is 13.1 Å². The molecule has 340 valence electrons. The molecule has 12 rings (SSSR count). The molecular formula is C47H42Cl4N14O2. The maximum atomic E-state index is 6.37. The lowest BCUT2D eigenvalue weighted by atomic mass is 10.1. The Labute approximate surface area is 400 Å². The molecule has 0 atom stereocenters. The molecule has 16 nitrogen and oxygen atoms in total. The van der Waals surface area contributed by atoms with Crippen LogP contribution in [0.2, 0.25) is 20.1 Å². The third kappa shape index (κ3) is 7.80. The number of H-pyrrole nitrogens is 4. The smallest absolute Gasteiger partial charge is 0.241 e. The number of aromatic nitrogens is 10. The van der Waals surface area contributed by atoms with E-state index in [4.69, 9.17) is 78.8 Å². The number of aryl methyl sites for hydroxylation is 1. The number of nitrogens with zero attached hydrogens (tertiary/aromatic N) is 6. The largest absolute Gasteiger partial charge is 0.489 e. The first kappa shape index (κ1) is 43.6. The van der Waals surface area contributed by atoms with E-state index >= 15 is 0 Å². The highest BCUT2D eigenvalue weighted by Crippen LogP contribution is 2.44. The van der Waals surface area contributed by atoms with E-state index in [1.165, 1.54) is 0 Å². The van der Waals surface area contributed by atoms with Gasteiger partial charge in [-0.15, -0.1) is 15.3 Å². The molecular weight excluding hydrogens is 934 g/mol. The zero-order chi connectivity index (χ0) is 45.4. The molecule has 6 aromatic heterocycles. The van der Waals surface area contributed by atoms with Gasteiger partial charge in [0.2, 0.25) is 23.8 Å². The Hall–Kier alpha value is -7.24. The van der Waals surface area contributed by atoms with Crippen LogP contribution in [0.15, 0.2) is 84.9 Å². The Bertz CT molecular complexity index is 3660. The Balaban J connectivity index is 0.000000154. The lowest BCUT2D eigenvalue weighted by Gasteiger charge is -2.10. The predicted molar refractivity (Wildman–Crippen MR) is 275 cm³/mol. The standard InChI is InChI=1S/2C23H19Cl2N7O.CH4/c24-11-2-4-17-13(8-11)15-10-16-14-9-12(25)3-5-18(14)29-20(16)21(19(15)28-17)33-7-1-6-32-22(26)30-31-23(32)27;24-11-2-4-17-13(8-11)15-10-16-14-9-12(25)3-5-18(14)29-20(16)21(19(15)28-17)33-7-1-6-32-23(27)30-22(26)31-32;/h2-5,8-10,28-29H,1,6-7H2,(H2,26,30)(H2,27,31);2-5,8-10,28-29H,1,6-7H2,(H4,26,27,30,31);1H4. The summed E-state index contributed by atoms with van der Waals surface area (Å²) in [7, 11) is 0. The summed E-state index contributed by atoms with van der Waals surface area (Å²) in [4.78, 5) is 17.9. The van der Waals surface area contributed by atoms with Crippen LogP contribution < -0.4 is 32.4 Å². The van der Waals surface area contributed by atoms with Gasteiger partial charge in [-0.3, -0.25) is 4.57 Å².